The lowest BCUT2D eigenvalue weighted by atomic mass is 9.96. The summed E-state index contributed by atoms with van der Waals surface area (Å²) in [6.45, 7) is 0. The first-order valence-corrected chi connectivity index (χ1v) is 12.1. The number of hydrogen-bond donors (Lipinski definition) is 2. The molecular formula is C20H23N3O6S2. The quantitative estimate of drug-likeness (QED) is 0.655. The van der Waals surface area contributed by atoms with Crippen LogP contribution in [0, 0.1) is 0 Å². The average Bonchev–Trinajstić information content (AvgIpc) is 3.32. The Hall–Kier alpha value is -2.76. The molecule has 1 aliphatic rings. The fourth-order valence-electron chi connectivity index (χ4n) is 3.26. The summed E-state index contributed by atoms with van der Waals surface area (Å²) in [6.07, 6.45) is 3.51. The van der Waals surface area contributed by atoms with Crippen molar-refractivity contribution in [2.24, 2.45) is 0 Å². The van der Waals surface area contributed by atoms with Crippen LogP contribution in [0.25, 0.3) is 0 Å². The van der Waals surface area contributed by atoms with Gasteiger partial charge in [-0.05, 0) is 42.5 Å². The lowest BCUT2D eigenvalue weighted by molar-refractivity contribution is 0.0540. The molecule has 1 aromatic carbocycles. The van der Waals surface area contributed by atoms with Gasteiger partial charge in [-0.15, -0.1) is 5.01 Å². The van der Waals surface area contributed by atoms with Crippen molar-refractivity contribution >= 4 is 39.3 Å². The molecule has 3 amide bonds. The van der Waals surface area contributed by atoms with Gasteiger partial charge in [0.15, 0.2) is 0 Å². The van der Waals surface area contributed by atoms with Crippen LogP contribution in [0.15, 0.2) is 46.0 Å². The van der Waals surface area contributed by atoms with E-state index in [1.807, 2.05) is 0 Å². The van der Waals surface area contributed by atoms with Crippen molar-refractivity contribution in [1.29, 1.82) is 0 Å². The molecule has 0 radical (unpaired) electrons. The Morgan fingerprint density at radius 3 is 2.48 bits per heavy atom. The number of methoxy groups -OCH3 is 1. The Labute approximate surface area is 184 Å². The van der Waals surface area contributed by atoms with Crippen LogP contribution >= 0.6 is 11.3 Å². The molecule has 31 heavy (non-hydrogen) atoms. The lowest BCUT2D eigenvalue weighted by Crippen LogP contribution is -2.49. The van der Waals surface area contributed by atoms with E-state index in [9.17, 15) is 22.8 Å². The zero-order valence-corrected chi connectivity index (χ0v) is 18.5. The number of rotatable bonds is 5. The number of benzene rings is 1. The molecule has 0 spiro atoms. The monoisotopic (exact) mass is 465 g/mol. The average molecular weight is 466 g/mol. The number of nitrogens with zero attached hydrogens (tertiary/aromatic N) is 1. The van der Waals surface area contributed by atoms with Crippen molar-refractivity contribution in [2.45, 2.75) is 43.0 Å². The number of carbonyl (C=O) groups excluding carboxylic acids is 3. The van der Waals surface area contributed by atoms with Crippen LogP contribution in [-0.2, 0) is 14.8 Å². The van der Waals surface area contributed by atoms with E-state index in [1.54, 1.807) is 5.38 Å². The molecule has 0 aliphatic heterocycles. The standard InChI is InChI=1S/C20H23N3O6S2/c1-29-20(26)23(19(25)15-10-11-30-13-15)21-18(24)14-6-5-9-17(12-14)31(27,28)22-16-7-3-2-4-8-16/h5-6,9-13,16,22H,2-4,7-8H2,1H3,(H,21,24). The van der Waals surface area contributed by atoms with E-state index in [4.69, 9.17) is 0 Å². The molecule has 0 unspecified atom stereocenters. The van der Waals surface area contributed by atoms with Gasteiger partial charge in [0.25, 0.3) is 11.8 Å². The Morgan fingerprint density at radius 2 is 1.84 bits per heavy atom. The van der Waals surface area contributed by atoms with E-state index in [-0.39, 0.29) is 22.1 Å². The maximum atomic E-state index is 12.7. The Bertz CT molecular complexity index is 1050. The largest absolute Gasteiger partial charge is 0.451 e. The smallest absolute Gasteiger partial charge is 0.436 e. The van der Waals surface area contributed by atoms with Gasteiger partial charge in [-0.3, -0.25) is 15.0 Å². The summed E-state index contributed by atoms with van der Waals surface area (Å²) in [7, 11) is -2.74. The molecule has 0 atom stereocenters. The number of amides is 3. The van der Waals surface area contributed by atoms with Gasteiger partial charge in [0.05, 0.1) is 17.6 Å². The molecule has 166 valence electrons. The predicted octanol–water partition coefficient (Wildman–Crippen LogP) is 2.91. The molecule has 1 aromatic heterocycles. The third kappa shape index (κ3) is 5.69. The number of ether oxygens (including phenoxy) is 1. The predicted molar refractivity (Wildman–Crippen MR) is 114 cm³/mol. The molecular weight excluding hydrogens is 442 g/mol. The van der Waals surface area contributed by atoms with E-state index in [0.29, 0.717) is 5.01 Å². The number of sulfonamides is 1. The van der Waals surface area contributed by atoms with E-state index in [2.05, 4.69) is 14.9 Å². The van der Waals surface area contributed by atoms with Gasteiger partial charge in [-0.1, -0.05) is 25.3 Å². The van der Waals surface area contributed by atoms with Gasteiger partial charge < -0.3 is 4.74 Å². The van der Waals surface area contributed by atoms with Crippen molar-refractivity contribution < 1.29 is 27.5 Å². The summed E-state index contributed by atoms with van der Waals surface area (Å²) in [4.78, 5) is 37.2. The minimum atomic E-state index is -3.82. The maximum Gasteiger partial charge on any atom is 0.436 e. The summed E-state index contributed by atoms with van der Waals surface area (Å²) < 4.78 is 32.7. The van der Waals surface area contributed by atoms with Crippen LogP contribution in [-0.4, -0.2) is 44.5 Å². The number of thiophene rings is 1. The second kappa shape index (κ2) is 10.0. The molecule has 1 fully saturated rings. The summed E-state index contributed by atoms with van der Waals surface area (Å²) in [6, 6.07) is 6.77. The first kappa shape index (κ1) is 22.9. The first-order valence-electron chi connectivity index (χ1n) is 9.70. The summed E-state index contributed by atoms with van der Waals surface area (Å²) >= 11 is 1.25. The Morgan fingerprint density at radius 1 is 1.10 bits per heavy atom. The van der Waals surface area contributed by atoms with Crippen LogP contribution in [0.5, 0.6) is 0 Å². The van der Waals surface area contributed by atoms with Crippen LogP contribution < -0.4 is 10.1 Å². The molecule has 1 heterocycles. The van der Waals surface area contributed by atoms with E-state index >= 15 is 0 Å². The SMILES string of the molecule is COC(=O)N(NC(=O)c1cccc(S(=O)(=O)NC2CCCCC2)c1)C(=O)c1ccsc1. The number of carbonyl (C=O) groups is 3. The minimum absolute atomic E-state index is 0.0291. The summed E-state index contributed by atoms with van der Waals surface area (Å²) in [5.74, 6) is -1.60. The van der Waals surface area contributed by atoms with Crippen LogP contribution in [0.1, 0.15) is 52.8 Å². The fraction of sp³-hybridized carbons (Fsp3) is 0.350. The zero-order chi connectivity index (χ0) is 22.4. The van der Waals surface area contributed by atoms with Crippen molar-refractivity contribution in [3.05, 3.63) is 52.2 Å². The number of imide groups is 1. The zero-order valence-electron chi connectivity index (χ0n) is 16.9. The van der Waals surface area contributed by atoms with Crippen molar-refractivity contribution in [2.75, 3.05) is 7.11 Å². The Balaban J connectivity index is 1.78. The van der Waals surface area contributed by atoms with Crippen molar-refractivity contribution in [1.82, 2.24) is 15.2 Å². The third-order valence-corrected chi connectivity index (χ3v) is 7.08. The topological polar surface area (TPSA) is 122 Å². The fourth-order valence-corrected chi connectivity index (χ4v) is 5.24. The molecule has 2 N–H and O–H groups in total. The van der Waals surface area contributed by atoms with E-state index < -0.39 is 27.9 Å². The molecule has 1 saturated carbocycles. The highest BCUT2D eigenvalue weighted by Gasteiger charge is 2.28. The van der Waals surface area contributed by atoms with Gasteiger partial charge in [0.2, 0.25) is 10.0 Å². The molecule has 0 saturated heterocycles. The summed E-state index contributed by atoms with van der Waals surface area (Å²) in [5, 5.41) is 3.62. The van der Waals surface area contributed by atoms with Crippen molar-refractivity contribution in [3.8, 4) is 0 Å². The molecule has 9 nitrogen and oxygen atoms in total. The minimum Gasteiger partial charge on any atom is -0.451 e. The molecule has 0 bridgehead atoms. The number of hydrazine groups is 1. The normalized spacial score (nSPS) is 14.6. The van der Waals surface area contributed by atoms with Crippen LogP contribution in [0.4, 0.5) is 4.79 Å². The molecule has 2 aromatic rings. The highest BCUT2D eigenvalue weighted by atomic mass is 32.2. The van der Waals surface area contributed by atoms with Crippen molar-refractivity contribution in [3.63, 3.8) is 0 Å². The first-order chi connectivity index (χ1) is 14.8. The van der Waals surface area contributed by atoms with Gasteiger partial charge in [-0.25, -0.2) is 17.9 Å². The molecule has 1 aliphatic carbocycles. The maximum absolute atomic E-state index is 12.7. The third-order valence-electron chi connectivity index (χ3n) is 4.88. The van der Waals surface area contributed by atoms with E-state index in [1.165, 1.54) is 47.0 Å². The van der Waals surface area contributed by atoms with Gasteiger partial charge >= 0.3 is 6.09 Å². The van der Waals surface area contributed by atoms with Gasteiger partial charge in [0.1, 0.15) is 0 Å². The van der Waals surface area contributed by atoms with E-state index in [0.717, 1.165) is 39.2 Å². The van der Waals surface area contributed by atoms with Gasteiger partial charge in [0, 0.05) is 17.0 Å². The highest BCUT2D eigenvalue weighted by Crippen LogP contribution is 2.20. The summed E-state index contributed by atoms with van der Waals surface area (Å²) in [5.41, 5.74) is 2.36. The number of nitrogens with one attached hydrogen (secondary N) is 2. The van der Waals surface area contributed by atoms with Crippen LogP contribution in [0.3, 0.4) is 0 Å². The highest BCUT2D eigenvalue weighted by molar-refractivity contribution is 7.89. The molecule has 11 heteroatoms. The second-order valence-corrected chi connectivity index (χ2v) is 9.54. The lowest BCUT2D eigenvalue weighted by Gasteiger charge is -2.22. The Kier molecular flexibility index (Phi) is 7.42. The number of hydrogen-bond acceptors (Lipinski definition) is 7. The second-order valence-electron chi connectivity index (χ2n) is 7.05. The van der Waals surface area contributed by atoms with Gasteiger partial charge in [-0.2, -0.15) is 11.3 Å². The van der Waals surface area contributed by atoms with Crippen LogP contribution in [0.2, 0.25) is 0 Å². The molecule has 3 rings (SSSR count).